The molecular weight excluding hydrogens is 484 g/mol. The molecule has 0 N–H and O–H groups in total. The smallest absolute Gasteiger partial charge is 0.243 e. The molecule has 0 aliphatic carbocycles. The quantitative estimate of drug-likeness (QED) is 0.360. The van der Waals surface area contributed by atoms with E-state index in [2.05, 4.69) is 36.9 Å². The number of furan rings is 1. The Morgan fingerprint density at radius 2 is 1.57 bits per heavy atom. The predicted octanol–water partition coefficient (Wildman–Crippen LogP) is 6.05. The van der Waals surface area contributed by atoms with Gasteiger partial charge < -0.3 is 9.15 Å². The highest BCUT2D eigenvalue weighted by Crippen LogP contribution is 2.42. The normalized spacial score (nSPS) is 18.9. The summed E-state index contributed by atoms with van der Waals surface area (Å²) in [6, 6.07) is 19.1. The van der Waals surface area contributed by atoms with Crippen molar-refractivity contribution in [3.63, 3.8) is 0 Å². The molecule has 37 heavy (non-hydrogen) atoms. The number of sulfonamides is 1. The molecule has 6 nitrogen and oxygen atoms in total. The highest BCUT2D eigenvalue weighted by molar-refractivity contribution is 7.89. The number of benzene rings is 2. The minimum absolute atomic E-state index is 0.249. The molecule has 2 aliphatic rings. The second-order valence-corrected chi connectivity index (χ2v) is 12.9. The van der Waals surface area contributed by atoms with Crippen LogP contribution >= 0.6 is 0 Å². The first-order chi connectivity index (χ1) is 17.8. The fourth-order valence-corrected chi connectivity index (χ4v) is 6.98. The maximum Gasteiger partial charge on any atom is 0.243 e. The third-order valence-electron chi connectivity index (χ3n) is 7.94. The third-order valence-corrected chi connectivity index (χ3v) is 9.85. The lowest BCUT2D eigenvalue weighted by Gasteiger charge is -2.46. The number of para-hydroxylation sites is 1. The average molecular weight is 523 g/mol. The van der Waals surface area contributed by atoms with Gasteiger partial charge in [-0.15, -0.1) is 0 Å². The maximum atomic E-state index is 13.3. The van der Waals surface area contributed by atoms with Crippen LogP contribution in [0.15, 0.2) is 76.2 Å². The van der Waals surface area contributed by atoms with Gasteiger partial charge in [0, 0.05) is 30.8 Å². The van der Waals surface area contributed by atoms with E-state index in [4.69, 9.17) is 9.15 Å². The summed E-state index contributed by atoms with van der Waals surface area (Å²) in [6.45, 7) is 9.23. The highest BCUT2D eigenvalue weighted by atomic mass is 32.2. The molecule has 0 atom stereocenters. The number of hydrogen-bond donors (Lipinski definition) is 0. The topological polar surface area (TPSA) is 63.0 Å². The van der Waals surface area contributed by atoms with E-state index in [9.17, 15) is 8.42 Å². The number of nitrogens with zero attached hydrogens (tertiary/aromatic N) is 2. The van der Waals surface area contributed by atoms with E-state index < -0.39 is 10.0 Å². The minimum Gasteiger partial charge on any atom is -0.493 e. The molecule has 3 heterocycles. The van der Waals surface area contributed by atoms with E-state index in [0.717, 1.165) is 69.0 Å². The lowest BCUT2D eigenvalue weighted by molar-refractivity contribution is 0.0525. The van der Waals surface area contributed by atoms with Gasteiger partial charge in [-0.05, 0) is 92.6 Å². The summed E-state index contributed by atoms with van der Waals surface area (Å²) in [5.74, 6) is 2.23. The van der Waals surface area contributed by atoms with Crippen molar-refractivity contribution in [2.75, 3.05) is 32.8 Å². The standard InChI is InChI=1S/C30H38N2O4S/c1-24(2)23-36-29-7-4-3-6-26(29)22-31-17-13-30(14-18-31)15-19-32(20-16-30)37(33,34)27-11-9-25(10-12-27)28-8-5-21-35-28/h3-12,21,24H,13-20,22-23H2,1-2H3. The summed E-state index contributed by atoms with van der Waals surface area (Å²) in [5, 5.41) is 0. The molecule has 0 amide bonds. The number of rotatable bonds is 8. The first-order valence-electron chi connectivity index (χ1n) is 13.4. The van der Waals surface area contributed by atoms with Crippen LogP contribution in [0.5, 0.6) is 5.75 Å². The summed E-state index contributed by atoms with van der Waals surface area (Å²) in [5.41, 5.74) is 2.37. The van der Waals surface area contributed by atoms with E-state index in [-0.39, 0.29) is 5.41 Å². The van der Waals surface area contributed by atoms with Gasteiger partial charge in [-0.25, -0.2) is 8.42 Å². The third kappa shape index (κ3) is 5.95. The van der Waals surface area contributed by atoms with Gasteiger partial charge >= 0.3 is 0 Å². The first-order valence-corrected chi connectivity index (χ1v) is 14.9. The SMILES string of the molecule is CC(C)COc1ccccc1CN1CCC2(CC1)CCN(S(=O)(=O)c1ccc(-c3ccco3)cc1)CC2. The molecule has 3 aromatic rings. The molecule has 0 unspecified atom stereocenters. The molecule has 1 aromatic heterocycles. The van der Waals surface area contributed by atoms with Crippen molar-refractivity contribution in [2.24, 2.45) is 11.3 Å². The van der Waals surface area contributed by atoms with Gasteiger partial charge in [-0.2, -0.15) is 4.31 Å². The van der Waals surface area contributed by atoms with Crippen molar-refractivity contribution in [2.45, 2.75) is 51.0 Å². The summed E-state index contributed by atoms with van der Waals surface area (Å²) in [7, 11) is -3.49. The van der Waals surface area contributed by atoms with E-state index >= 15 is 0 Å². The van der Waals surface area contributed by atoms with Crippen LogP contribution in [0.25, 0.3) is 11.3 Å². The lowest BCUT2D eigenvalue weighted by atomic mass is 9.71. The van der Waals surface area contributed by atoms with Crippen LogP contribution in [-0.4, -0.2) is 50.4 Å². The van der Waals surface area contributed by atoms with Crippen LogP contribution in [0.3, 0.4) is 0 Å². The molecule has 0 radical (unpaired) electrons. The number of hydrogen-bond acceptors (Lipinski definition) is 5. The van der Waals surface area contributed by atoms with Gasteiger partial charge in [0.05, 0.1) is 17.8 Å². The molecule has 0 bridgehead atoms. The zero-order valence-electron chi connectivity index (χ0n) is 21.9. The summed E-state index contributed by atoms with van der Waals surface area (Å²) < 4.78 is 39.8. The molecule has 2 fully saturated rings. The fraction of sp³-hybridized carbons (Fsp3) is 0.467. The zero-order chi connectivity index (χ0) is 25.9. The van der Waals surface area contributed by atoms with Crippen molar-refractivity contribution < 1.29 is 17.6 Å². The van der Waals surface area contributed by atoms with Gasteiger partial charge in [0.15, 0.2) is 0 Å². The van der Waals surface area contributed by atoms with Gasteiger partial charge in [-0.1, -0.05) is 32.0 Å². The van der Waals surface area contributed by atoms with Crippen LogP contribution in [0.4, 0.5) is 0 Å². The van der Waals surface area contributed by atoms with Crippen LogP contribution in [-0.2, 0) is 16.6 Å². The zero-order valence-corrected chi connectivity index (χ0v) is 22.8. The number of ether oxygens (including phenoxy) is 1. The van der Waals surface area contributed by atoms with E-state index in [1.165, 1.54) is 5.56 Å². The lowest BCUT2D eigenvalue weighted by Crippen LogP contribution is -2.48. The Labute approximate surface area is 221 Å². The molecule has 7 heteroatoms. The summed E-state index contributed by atoms with van der Waals surface area (Å²) in [6.07, 6.45) is 5.72. The Kier molecular flexibility index (Phi) is 7.75. The van der Waals surface area contributed by atoms with Crippen molar-refractivity contribution in [1.82, 2.24) is 9.21 Å². The maximum absolute atomic E-state index is 13.3. The Bertz CT molecular complexity index is 1250. The van der Waals surface area contributed by atoms with E-state index in [0.29, 0.717) is 23.9 Å². The highest BCUT2D eigenvalue weighted by Gasteiger charge is 2.40. The average Bonchev–Trinajstić information content (AvgIpc) is 3.45. The van der Waals surface area contributed by atoms with Crippen LogP contribution in [0, 0.1) is 11.3 Å². The number of piperidine rings is 2. The van der Waals surface area contributed by atoms with E-state index in [1.54, 1.807) is 22.7 Å². The summed E-state index contributed by atoms with van der Waals surface area (Å²) in [4.78, 5) is 2.87. The van der Waals surface area contributed by atoms with Crippen molar-refractivity contribution in [1.29, 1.82) is 0 Å². The monoisotopic (exact) mass is 522 g/mol. The molecule has 1 spiro atoms. The van der Waals surface area contributed by atoms with Crippen LogP contribution in [0.2, 0.25) is 0 Å². The molecule has 2 aromatic carbocycles. The predicted molar refractivity (Wildman–Crippen MR) is 146 cm³/mol. The van der Waals surface area contributed by atoms with Gasteiger partial charge in [0.2, 0.25) is 10.0 Å². The first kappa shape index (κ1) is 26.0. The van der Waals surface area contributed by atoms with E-state index in [1.807, 2.05) is 30.3 Å². The second kappa shape index (κ2) is 11.0. The molecule has 5 rings (SSSR count). The Hall–Kier alpha value is -2.61. The molecular formula is C30H38N2O4S. The fourth-order valence-electron chi connectivity index (χ4n) is 5.54. The number of likely N-dealkylation sites (tertiary alicyclic amines) is 1. The van der Waals surface area contributed by atoms with Crippen molar-refractivity contribution in [3.8, 4) is 17.1 Å². The largest absolute Gasteiger partial charge is 0.493 e. The Balaban J connectivity index is 1.15. The summed E-state index contributed by atoms with van der Waals surface area (Å²) >= 11 is 0. The van der Waals surface area contributed by atoms with Crippen molar-refractivity contribution in [3.05, 3.63) is 72.5 Å². The van der Waals surface area contributed by atoms with Crippen molar-refractivity contribution >= 4 is 10.0 Å². The molecule has 2 aliphatic heterocycles. The van der Waals surface area contributed by atoms with Gasteiger partial charge in [0.25, 0.3) is 0 Å². The van der Waals surface area contributed by atoms with Gasteiger partial charge in [-0.3, -0.25) is 4.90 Å². The second-order valence-electron chi connectivity index (χ2n) is 11.0. The van der Waals surface area contributed by atoms with Gasteiger partial charge in [0.1, 0.15) is 11.5 Å². The Morgan fingerprint density at radius 3 is 2.22 bits per heavy atom. The molecule has 2 saturated heterocycles. The Morgan fingerprint density at radius 1 is 0.892 bits per heavy atom. The van der Waals surface area contributed by atoms with Crippen LogP contribution in [0.1, 0.15) is 45.1 Å². The molecule has 198 valence electrons. The van der Waals surface area contributed by atoms with Crippen LogP contribution < -0.4 is 4.74 Å². The molecule has 0 saturated carbocycles. The minimum atomic E-state index is -3.49.